The van der Waals surface area contributed by atoms with Crippen LogP contribution < -0.4 is 5.32 Å². The lowest BCUT2D eigenvalue weighted by molar-refractivity contribution is -0.148. The fraction of sp³-hybridized carbons (Fsp3) is 0.933. The minimum atomic E-state index is -0.532. The Morgan fingerprint density at radius 1 is 1.42 bits per heavy atom. The summed E-state index contributed by atoms with van der Waals surface area (Å²) in [6.45, 7) is 10.2. The number of esters is 1. The molecule has 0 saturated heterocycles. The van der Waals surface area contributed by atoms with E-state index < -0.39 is 5.54 Å². The number of hydrogen-bond donors (Lipinski definition) is 1. The van der Waals surface area contributed by atoms with Crippen molar-refractivity contribution < 1.29 is 14.3 Å². The topological polar surface area (TPSA) is 47.6 Å². The van der Waals surface area contributed by atoms with Gasteiger partial charge in [0.05, 0.1) is 13.2 Å². The highest BCUT2D eigenvalue weighted by Gasteiger charge is 2.46. The highest BCUT2D eigenvalue weighted by Crippen LogP contribution is 2.33. The van der Waals surface area contributed by atoms with Crippen molar-refractivity contribution in [3.05, 3.63) is 0 Å². The Morgan fingerprint density at radius 3 is 2.63 bits per heavy atom. The smallest absolute Gasteiger partial charge is 0.326 e. The summed E-state index contributed by atoms with van der Waals surface area (Å²) in [5.74, 6) is -0.156. The molecule has 4 nitrogen and oxygen atoms in total. The Kier molecular flexibility index (Phi) is 5.81. The summed E-state index contributed by atoms with van der Waals surface area (Å²) in [6, 6.07) is 0. The van der Waals surface area contributed by atoms with Gasteiger partial charge in [-0.25, -0.2) is 0 Å². The number of carbonyl (C=O) groups is 1. The third kappa shape index (κ3) is 4.77. The molecule has 1 rings (SSSR count). The Balaban J connectivity index is 2.48. The number of carbonyl (C=O) groups excluding carboxylic acids is 1. The van der Waals surface area contributed by atoms with Gasteiger partial charge in [-0.3, -0.25) is 4.79 Å². The molecule has 1 aliphatic carbocycles. The maximum absolute atomic E-state index is 12.0. The van der Waals surface area contributed by atoms with E-state index in [0.717, 1.165) is 38.8 Å². The van der Waals surface area contributed by atoms with Crippen molar-refractivity contribution in [2.45, 2.75) is 65.0 Å². The molecule has 1 N–H and O–H groups in total. The molecular formula is C15H29NO3. The zero-order chi connectivity index (χ0) is 14.5. The van der Waals surface area contributed by atoms with E-state index in [0.29, 0.717) is 5.41 Å². The van der Waals surface area contributed by atoms with Crippen molar-refractivity contribution in [3.8, 4) is 0 Å². The first-order valence-corrected chi connectivity index (χ1v) is 7.28. The summed E-state index contributed by atoms with van der Waals surface area (Å²) >= 11 is 0. The maximum atomic E-state index is 12.0. The second kappa shape index (κ2) is 6.71. The zero-order valence-corrected chi connectivity index (χ0v) is 13.0. The molecule has 1 saturated carbocycles. The van der Waals surface area contributed by atoms with Crippen molar-refractivity contribution in [2.24, 2.45) is 5.41 Å². The van der Waals surface area contributed by atoms with Crippen LogP contribution >= 0.6 is 0 Å². The van der Waals surface area contributed by atoms with Crippen LogP contribution in [0.1, 0.15) is 53.4 Å². The minimum absolute atomic E-state index is 0.156. The van der Waals surface area contributed by atoms with Crippen LogP contribution in [0.4, 0.5) is 0 Å². The lowest BCUT2D eigenvalue weighted by atomic mass is 9.93. The molecule has 1 fully saturated rings. The first-order valence-electron chi connectivity index (χ1n) is 7.28. The second-order valence-corrected chi connectivity index (χ2v) is 6.65. The molecule has 1 aliphatic rings. The molecule has 0 aliphatic heterocycles. The molecule has 0 bridgehead atoms. The number of likely N-dealkylation sites (N-methyl/N-ethyl adjacent to an activating group) is 1. The van der Waals surface area contributed by atoms with E-state index in [1.807, 2.05) is 6.92 Å². The second-order valence-electron chi connectivity index (χ2n) is 6.65. The van der Waals surface area contributed by atoms with Crippen LogP contribution in [0.5, 0.6) is 0 Å². The molecule has 112 valence electrons. The molecule has 0 amide bonds. The predicted octanol–water partition coefficient (Wildman–Crippen LogP) is 2.51. The molecule has 2 atom stereocenters. The lowest BCUT2D eigenvalue weighted by Crippen LogP contribution is -2.51. The van der Waals surface area contributed by atoms with E-state index in [1.54, 1.807) is 0 Å². The van der Waals surface area contributed by atoms with E-state index >= 15 is 0 Å². The highest BCUT2D eigenvalue weighted by atomic mass is 16.5. The number of nitrogens with one attached hydrogen (secondary N) is 1. The van der Waals surface area contributed by atoms with E-state index in [9.17, 15) is 4.79 Å². The molecule has 4 heteroatoms. The molecule has 19 heavy (non-hydrogen) atoms. The first kappa shape index (κ1) is 16.4. The number of methoxy groups -OCH3 is 1. The summed E-state index contributed by atoms with van der Waals surface area (Å²) in [5, 5.41) is 3.29. The van der Waals surface area contributed by atoms with E-state index in [2.05, 4.69) is 26.1 Å². The van der Waals surface area contributed by atoms with Gasteiger partial charge in [0.1, 0.15) is 5.54 Å². The first-order chi connectivity index (χ1) is 8.83. The summed E-state index contributed by atoms with van der Waals surface area (Å²) in [7, 11) is 1.45. The fourth-order valence-corrected chi connectivity index (χ4v) is 2.63. The maximum Gasteiger partial charge on any atom is 0.326 e. The third-order valence-electron chi connectivity index (χ3n) is 3.77. The van der Waals surface area contributed by atoms with Crippen molar-refractivity contribution in [1.29, 1.82) is 0 Å². The van der Waals surface area contributed by atoms with Gasteiger partial charge >= 0.3 is 5.97 Å². The van der Waals surface area contributed by atoms with Crippen molar-refractivity contribution in [1.82, 2.24) is 5.32 Å². The van der Waals surface area contributed by atoms with Gasteiger partial charge in [-0.1, -0.05) is 27.7 Å². The molecule has 0 aromatic heterocycles. The molecule has 0 aromatic carbocycles. The standard InChI is InChI=1S/C15H29NO3/c1-6-16-15(13(17)18-5)8-7-12(11-15)19-10-9-14(2,3)4/h12,16H,6-11H2,1-5H3. The highest BCUT2D eigenvalue weighted by molar-refractivity contribution is 5.81. The van der Waals surface area contributed by atoms with Gasteiger partial charge in [0.25, 0.3) is 0 Å². The quantitative estimate of drug-likeness (QED) is 0.754. The Morgan fingerprint density at radius 2 is 2.11 bits per heavy atom. The molecule has 0 spiro atoms. The van der Waals surface area contributed by atoms with Gasteiger partial charge in [-0.05, 0) is 31.2 Å². The lowest BCUT2D eigenvalue weighted by Gasteiger charge is -2.27. The Labute approximate surface area is 117 Å². The van der Waals surface area contributed by atoms with E-state index in [4.69, 9.17) is 9.47 Å². The zero-order valence-electron chi connectivity index (χ0n) is 13.0. The molecule has 2 unspecified atom stereocenters. The summed E-state index contributed by atoms with van der Waals surface area (Å²) in [6.07, 6.45) is 3.65. The van der Waals surface area contributed by atoms with Crippen LogP contribution in [-0.4, -0.2) is 37.9 Å². The van der Waals surface area contributed by atoms with Crippen LogP contribution in [0.3, 0.4) is 0 Å². The average Bonchev–Trinajstić information content (AvgIpc) is 2.72. The normalized spacial score (nSPS) is 27.5. The monoisotopic (exact) mass is 271 g/mol. The largest absolute Gasteiger partial charge is 0.468 e. The van der Waals surface area contributed by atoms with Gasteiger partial charge < -0.3 is 14.8 Å². The Hall–Kier alpha value is -0.610. The van der Waals surface area contributed by atoms with Gasteiger partial charge in [0, 0.05) is 13.0 Å². The van der Waals surface area contributed by atoms with Gasteiger partial charge in [-0.2, -0.15) is 0 Å². The van der Waals surface area contributed by atoms with Crippen molar-refractivity contribution in [3.63, 3.8) is 0 Å². The van der Waals surface area contributed by atoms with Crippen LogP contribution in [-0.2, 0) is 14.3 Å². The summed E-state index contributed by atoms with van der Waals surface area (Å²) in [4.78, 5) is 12.0. The number of ether oxygens (including phenoxy) is 2. The molecular weight excluding hydrogens is 242 g/mol. The number of rotatable bonds is 6. The molecule has 0 aromatic rings. The molecule has 0 heterocycles. The van der Waals surface area contributed by atoms with Crippen LogP contribution in [0.15, 0.2) is 0 Å². The van der Waals surface area contributed by atoms with Crippen LogP contribution in [0, 0.1) is 5.41 Å². The molecule has 0 radical (unpaired) electrons. The van der Waals surface area contributed by atoms with Crippen LogP contribution in [0.2, 0.25) is 0 Å². The van der Waals surface area contributed by atoms with Gasteiger partial charge in [0.15, 0.2) is 0 Å². The van der Waals surface area contributed by atoms with Gasteiger partial charge in [-0.15, -0.1) is 0 Å². The van der Waals surface area contributed by atoms with E-state index in [-0.39, 0.29) is 12.1 Å². The number of hydrogen-bond acceptors (Lipinski definition) is 4. The minimum Gasteiger partial charge on any atom is -0.468 e. The van der Waals surface area contributed by atoms with Crippen molar-refractivity contribution >= 4 is 5.97 Å². The average molecular weight is 271 g/mol. The predicted molar refractivity (Wildman–Crippen MR) is 76.1 cm³/mol. The van der Waals surface area contributed by atoms with Crippen LogP contribution in [0.25, 0.3) is 0 Å². The Bertz CT molecular complexity index is 298. The van der Waals surface area contributed by atoms with Crippen molar-refractivity contribution in [2.75, 3.05) is 20.3 Å². The fourth-order valence-electron chi connectivity index (χ4n) is 2.63. The summed E-state index contributed by atoms with van der Waals surface area (Å²) in [5.41, 5.74) is -0.240. The summed E-state index contributed by atoms with van der Waals surface area (Å²) < 4.78 is 10.9. The third-order valence-corrected chi connectivity index (χ3v) is 3.77. The van der Waals surface area contributed by atoms with E-state index in [1.165, 1.54) is 7.11 Å². The van der Waals surface area contributed by atoms with Gasteiger partial charge in [0.2, 0.25) is 0 Å². The SMILES string of the molecule is CCNC1(C(=O)OC)CCC(OCCC(C)(C)C)C1.